The molecule has 0 unspecified atom stereocenters. The van der Waals surface area contributed by atoms with E-state index in [-0.39, 0.29) is 35.2 Å². The summed E-state index contributed by atoms with van der Waals surface area (Å²) in [7, 11) is 1.68. The van der Waals surface area contributed by atoms with Crippen LogP contribution in [0.25, 0.3) is 0 Å². The summed E-state index contributed by atoms with van der Waals surface area (Å²) in [6, 6.07) is 8.30. The molecular weight excluding hydrogens is 450 g/mol. The number of aliphatic hydroxyl groups excluding tert-OH is 1. The van der Waals surface area contributed by atoms with Gasteiger partial charge >= 0.3 is 0 Å². The van der Waals surface area contributed by atoms with E-state index < -0.39 is 16.1 Å². The summed E-state index contributed by atoms with van der Waals surface area (Å²) >= 11 is 1.17. The zero-order valence-electron chi connectivity index (χ0n) is 19.1. The standard InChI is InChI=1S/C22H31N3O5S2/c1-15-12-25(16(2)14-26)22(27)18-11-17(23(3)4)8-9-19(18)30-20(15)13-24(5)32(28,29)21-7-6-10-31-21/h6-11,15-16,20,26H,12-14H2,1-5H3/t15-,16-,20+/m0/s1. The lowest BCUT2D eigenvalue weighted by Crippen LogP contribution is -2.50. The fourth-order valence-corrected chi connectivity index (χ4v) is 6.01. The maximum Gasteiger partial charge on any atom is 0.258 e. The van der Waals surface area contributed by atoms with E-state index in [0.717, 1.165) is 5.69 Å². The molecule has 1 aliphatic heterocycles. The molecule has 2 aromatic rings. The molecule has 0 aliphatic carbocycles. The number of fused-ring (bicyclic) bond motifs is 1. The quantitative estimate of drug-likeness (QED) is 0.653. The number of sulfonamides is 1. The minimum Gasteiger partial charge on any atom is -0.488 e. The Morgan fingerprint density at radius 2 is 2.00 bits per heavy atom. The van der Waals surface area contributed by atoms with Gasteiger partial charge in [0.2, 0.25) is 0 Å². The molecule has 0 fully saturated rings. The monoisotopic (exact) mass is 481 g/mol. The second kappa shape index (κ2) is 9.78. The van der Waals surface area contributed by atoms with Gasteiger partial charge in [-0.2, -0.15) is 4.31 Å². The molecule has 0 bridgehead atoms. The van der Waals surface area contributed by atoms with Gasteiger partial charge in [-0.25, -0.2) is 8.42 Å². The maximum atomic E-state index is 13.4. The zero-order valence-corrected chi connectivity index (χ0v) is 20.7. The predicted octanol–water partition coefficient (Wildman–Crippen LogP) is 2.35. The number of aliphatic hydroxyl groups is 1. The molecule has 0 saturated heterocycles. The van der Waals surface area contributed by atoms with Crippen LogP contribution >= 0.6 is 11.3 Å². The largest absolute Gasteiger partial charge is 0.488 e. The van der Waals surface area contributed by atoms with Crippen molar-refractivity contribution in [1.29, 1.82) is 0 Å². The minimum absolute atomic E-state index is 0.131. The normalized spacial score (nSPS) is 20.3. The van der Waals surface area contributed by atoms with E-state index in [1.54, 1.807) is 48.5 Å². The van der Waals surface area contributed by atoms with E-state index in [0.29, 0.717) is 17.9 Å². The number of amides is 1. The highest BCUT2D eigenvalue weighted by atomic mass is 32.2. The molecule has 0 saturated carbocycles. The Kier molecular flexibility index (Phi) is 7.49. The number of benzene rings is 1. The number of anilines is 1. The molecule has 8 nitrogen and oxygen atoms in total. The summed E-state index contributed by atoms with van der Waals surface area (Å²) in [5.74, 6) is 0.0277. The number of hydrogen-bond acceptors (Lipinski definition) is 7. The van der Waals surface area contributed by atoms with Crippen LogP contribution in [0.15, 0.2) is 39.9 Å². The van der Waals surface area contributed by atoms with Crippen LogP contribution < -0.4 is 9.64 Å². The first kappa shape index (κ1) is 24.5. The number of nitrogens with zero attached hydrogens (tertiary/aromatic N) is 3. The van der Waals surface area contributed by atoms with Crippen LogP contribution in [0.5, 0.6) is 5.75 Å². The maximum absolute atomic E-state index is 13.4. The molecule has 1 amide bonds. The topological polar surface area (TPSA) is 90.4 Å². The zero-order chi connectivity index (χ0) is 23.6. The van der Waals surface area contributed by atoms with E-state index in [1.165, 1.54) is 15.6 Å². The van der Waals surface area contributed by atoms with Crippen LogP contribution in [0.3, 0.4) is 0 Å². The average molecular weight is 482 g/mol. The third-order valence-corrected chi connectivity index (χ3v) is 8.96. The van der Waals surface area contributed by atoms with E-state index in [1.807, 2.05) is 32.0 Å². The number of likely N-dealkylation sites (N-methyl/N-ethyl adjacent to an activating group) is 1. The average Bonchev–Trinajstić information content (AvgIpc) is 3.31. The van der Waals surface area contributed by atoms with E-state index in [2.05, 4.69) is 0 Å². The predicted molar refractivity (Wildman–Crippen MR) is 126 cm³/mol. The van der Waals surface area contributed by atoms with Crippen molar-refractivity contribution in [2.45, 2.75) is 30.2 Å². The number of hydrogen-bond donors (Lipinski definition) is 1. The summed E-state index contributed by atoms with van der Waals surface area (Å²) in [6.45, 7) is 4.03. The van der Waals surface area contributed by atoms with Gasteiger partial charge in [0.15, 0.2) is 0 Å². The summed E-state index contributed by atoms with van der Waals surface area (Å²) in [4.78, 5) is 16.9. The Bertz CT molecular complexity index is 1040. The Labute approximate surface area is 194 Å². The Morgan fingerprint density at radius 3 is 2.59 bits per heavy atom. The summed E-state index contributed by atoms with van der Waals surface area (Å²) in [5, 5.41) is 11.5. The van der Waals surface area contributed by atoms with Crippen LogP contribution in [0.1, 0.15) is 24.2 Å². The number of thiophene rings is 1. The van der Waals surface area contributed by atoms with Gasteiger partial charge in [-0.05, 0) is 36.6 Å². The lowest BCUT2D eigenvalue weighted by atomic mass is 9.99. The first-order chi connectivity index (χ1) is 15.1. The van der Waals surface area contributed by atoms with Gasteiger partial charge in [0.1, 0.15) is 16.1 Å². The van der Waals surface area contributed by atoms with Gasteiger partial charge in [-0.3, -0.25) is 4.79 Å². The molecule has 32 heavy (non-hydrogen) atoms. The molecule has 0 spiro atoms. The Balaban J connectivity index is 1.98. The second-order valence-electron chi connectivity index (χ2n) is 8.42. The van der Waals surface area contributed by atoms with Crippen molar-refractivity contribution in [2.24, 2.45) is 5.92 Å². The lowest BCUT2D eigenvalue weighted by Gasteiger charge is -2.38. The molecule has 3 atom stereocenters. The second-order valence-corrected chi connectivity index (χ2v) is 11.6. The van der Waals surface area contributed by atoms with E-state index in [4.69, 9.17) is 4.74 Å². The highest BCUT2D eigenvalue weighted by Crippen LogP contribution is 2.32. The molecule has 1 aliphatic rings. The molecule has 10 heteroatoms. The summed E-state index contributed by atoms with van der Waals surface area (Å²) in [5.41, 5.74) is 1.25. The molecule has 1 aromatic heterocycles. The van der Waals surface area contributed by atoms with Crippen LogP contribution in [0, 0.1) is 5.92 Å². The van der Waals surface area contributed by atoms with Gasteiger partial charge < -0.3 is 19.6 Å². The van der Waals surface area contributed by atoms with Crippen molar-refractivity contribution >= 4 is 33.0 Å². The molecule has 176 valence electrons. The SMILES string of the molecule is C[C@H]1CN([C@@H](C)CO)C(=O)c2cc(N(C)C)ccc2O[C@@H]1CN(C)S(=O)(=O)c1cccs1. The van der Waals surface area contributed by atoms with Gasteiger partial charge in [0.25, 0.3) is 15.9 Å². The van der Waals surface area contributed by atoms with Gasteiger partial charge in [-0.1, -0.05) is 13.0 Å². The molecule has 3 rings (SSSR count). The van der Waals surface area contributed by atoms with Gasteiger partial charge in [0, 0.05) is 39.3 Å². The van der Waals surface area contributed by atoms with Crippen molar-refractivity contribution in [3.63, 3.8) is 0 Å². The van der Waals surface area contributed by atoms with Crippen molar-refractivity contribution in [2.75, 3.05) is 45.7 Å². The smallest absolute Gasteiger partial charge is 0.258 e. The first-order valence-corrected chi connectivity index (χ1v) is 12.8. The number of carbonyl (C=O) groups excluding carboxylic acids is 1. The number of rotatable bonds is 7. The number of ether oxygens (including phenoxy) is 1. The molecule has 0 radical (unpaired) electrons. The molecule has 1 N–H and O–H groups in total. The first-order valence-electron chi connectivity index (χ1n) is 10.5. The molecule has 2 heterocycles. The van der Waals surface area contributed by atoms with Crippen LogP contribution in [-0.2, 0) is 10.0 Å². The Hall–Kier alpha value is -2.14. The van der Waals surface area contributed by atoms with Gasteiger partial charge in [0.05, 0.1) is 24.8 Å². The van der Waals surface area contributed by atoms with E-state index >= 15 is 0 Å². The molecule has 1 aromatic carbocycles. The Morgan fingerprint density at radius 1 is 1.28 bits per heavy atom. The van der Waals surface area contributed by atoms with Crippen molar-refractivity contribution in [3.05, 3.63) is 41.3 Å². The highest BCUT2D eigenvalue weighted by Gasteiger charge is 2.35. The van der Waals surface area contributed by atoms with Crippen molar-refractivity contribution in [3.8, 4) is 5.75 Å². The van der Waals surface area contributed by atoms with Crippen LogP contribution in [-0.4, -0.2) is 81.6 Å². The van der Waals surface area contributed by atoms with Gasteiger partial charge in [-0.15, -0.1) is 11.3 Å². The van der Waals surface area contributed by atoms with Crippen molar-refractivity contribution < 1.29 is 23.1 Å². The highest BCUT2D eigenvalue weighted by molar-refractivity contribution is 7.91. The van der Waals surface area contributed by atoms with Crippen molar-refractivity contribution in [1.82, 2.24) is 9.21 Å². The van der Waals surface area contributed by atoms with Crippen LogP contribution in [0.2, 0.25) is 0 Å². The third kappa shape index (κ3) is 4.93. The van der Waals surface area contributed by atoms with E-state index in [9.17, 15) is 18.3 Å². The molecular formula is C22H31N3O5S2. The summed E-state index contributed by atoms with van der Waals surface area (Å²) in [6.07, 6.45) is -0.486. The summed E-state index contributed by atoms with van der Waals surface area (Å²) < 4.78 is 33.7. The third-order valence-electron chi connectivity index (χ3n) is 5.76. The lowest BCUT2D eigenvalue weighted by molar-refractivity contribution is 0.0387. The fourth-order valence-electron chi connectivity index (χ4n) is 3.62. The number of carbonyl (C=O) groups is 1. The van der Waals surface area contributed by atoms with Crippen LogP contribution in [0.4, 0.5) is 5.69 Å². The fraction of sp³-hybridized carbons (Fsp3) is 0.500. The minimum atomic E-state index is -3.64.